The summed E-state index contributed by atoms with van der Waals surface area (Å²) in [6.07, 6.45) is 2.15. The summed E-state index contributed by atoms with van der Waals surface area (Å²) < 4.78 is 6.11. The maximum Gasteiger partial charge on any atom is 0.137 e. The number of fused-ring (bicyclic) bond motifs is 1. The van der Waals surface area contributed by atoms with Gasteiger partial charge in [-0.2, -0.15) is 0 Å². The fourth-order valence-electron chi connectivity index (χ4n) is 2.58. The largest absolute Gasteiger partial charge is 0.459 e. The Hall–Kier alpha value is -0.990. The Bertz CT molecular complexity index is 586. The molecule has 2 aromatic rings. The monoisotopic (exact) mass is 293 g/mol. The van der Waals surface area contributed by atoms with Crippen LogP contribution >= 0.6 is 11.6 Å². The number of hydrogen-bond acceptors (Lipinski definition) is 2. The Morgan fingerprint density at radius 1 is 1.30 bits per heavy atom. The summed E-state index contributed by atoms with van der Waals surface area (Å²) in [4.78, 5) is 0. The lowest BCUT2D eigenvalue weighted by atomic mass is 9.99. The highest BCUT2D eigenvalue weighted by Crippen LogP contribution is 2.32. The van der Waals surface area contributed by atoms with Gasteiger partial charge in [-0.05, 0) is 49.9 Å². The third-order valence-corrected chi connectivity index (χ3v) is 3.67. The molecule has 0 aliphatic carbocycles. The van der Waals surface area contributed by atoms with Crippen LogP contribution in [0.15, 0.2) is 16.5 Å². The lowest BCUT2D eigenvalue weighted by molar-refractivity contribution is 0.500. The van der Waals surface area contributed by atoms with Crippen LogP contribution in [0.2, 0.25) is 5.02 Å². The van der Waals surface area contributed by atoms with E-state index < -0.39 is 0 Å². The molecule has 3 heteroatoms. The summed E-state index contributed by atoms with van der Waals surface area (Å²) >= 11 is 6.21. The first kappa shape index (κ1) is 15.4. The van der Waals surface area contributed by atoms with E-state index in [1.807, 2.05) is 12.1 Å². The molecule has 0 bridgehead atoms. The first-order valence-corrected chi connectivity index (χ1v) is 7.81. The minimum atomic E-state index is 0.597. The Morgan fingerprint density at radius 2 is 2.05 bits per heavy atom. The Balaban J connectivity index is 2.46. The molecule has 0 amide bonds. The maximum absolute atomic E-state index is 6.21. The number of rotatable bonds is 6. The normalized spacial score (nSPS) is 11.7. The lowest BCUT2D eigenvalue weighted by Crippen LogP contribution is -2.14. The zero-order valence-corrected chi connectivity index (χ0v) is 13.6. The lowest BCUT2D eigenvalue weighted by Gasteiger charge is -2.07. The first-order valence-electron chi connectivity index (χ1n) is 7.44. The van der Waals surface area contributed by atoms with Gasteiger partial charge in [-0.1, -0.05) is 32.4 Å². The van der Waals surface area contributed by atoms with Crippen molar-refractivity contribution in [2.75, 3.05) is 6.54 Å². The van der Waals surface area contributed by atoms with Gasteiger partial charge in [0.2, 0.25) is 0 Å². The molecule has 0 aliphatic rings. The summed E-state index contributed by atoms with van der Waals surface area (Å²) in [5.41, 5.74) is 3.40. The van der Waals surface area contributed by atoms with E-state index in [9.17, 15) is 0 Å². The van der Waals surface area contributed by atoms with Crippen molar-refractivity contribution in [2.24, 2.45) is 5.92 Å². The fourth-order valence-corrected chi connectivity index (χ4v) is 2.85. The standard InChI is InChI=1S/C17H24ClNO/c1-5-6-19-10-16-14(7-11(2)3)15-9-13(18)8-12(4)17(15)20-16/h8-9,11,19H,5-7,10H2,1-4H3. The van der Waals surface area contributed by atoms with Crippen molar-refractivity contribution in [1.82, 2.24) is 5.32 Å². The highest BCUT2D eigenvalue weighted by Gasteiger charge is 2.17. The summed E-state index contributed by atoms with van der Waals surface area (Å²) in [5.74, 6) is 1.66. The average molecular weight is 294 g/mol. The van der Waals surface area contributed by atoms with Crippen molar-refractivity contribution in [3.8, 4) is 0 Å². The van der Waals surface area contributed by atoms with Crippen molar-refractivity contribution in [3.05, 3.63) is 34.0 Å². The highest BCUT2D eigenvalue weighted by atomic mass is 35.5. The summed E-state index contributed by atoms with van der Waals surface area (Å²) in [5, 5.41) is 5.40. The minimum absolute atomic E-state index is 0.597. The molecule has 2 nitrogen and oxygen atoms in total. The molecule has 110 valence electrons. The van der Waals surface area contributed by atoms with Crippen LogP contribution in [-0.2, 0) is 13.0 Å². The molecule has 20 heavy (non-hydrogen) atoms. The minimum Gasteiger partial charge on any atom is -0.459 e. The van der Waals surface area contributed by atoms with Gasteiger partial charge in [0.05, 0.1) is 6.54 Å². The molecule has 0 saturated carbocycles. The molecule has 0 spiro atoms. The van der Waals surface area contributed by atoms with Gasteiger partial charge in [0.1, 0.15) is 11.3 Å². The molecule has 0 radical (unpaired) electrons. The van der Waals surface area contributed by atoms with E-state index >= 15 is 0 Å². The average Bonchev–Trinajstić information content (AvgIpc) is 2.68. The van der Waals surface area contributed by atoms with Gasteiger partial charge in [-0.25, -0.2) is 0 Å². The van der Waals surface area contributed by atoms with Gasteiger partial charge < -0.3 is 9.73 Å². The molecule has 1 N–H and O–H groups in total. The van der Waals surface area contributed by atoms with Crippen molar-refractivity contribution >= 4 is 22.6 Å². The van der Waals surface area contributed by atoms with Gasteiger partial charge in [-0.15, -0.1) is 0 Å². The van der Waals surface area contributed by atoms with E-state index in [1.165, 1.54) is 10.9 Å². The molecule has 1 aromatic heterocycles. The van der Waals surface area contributed by atoms with Gasteiger partial charge in [0.25, 0.3) is 0 Å². The number of furan rings is 1. The first-order chi connectivity index (χ1) is 9.52. The number of benzene rings is 1. The Labute approximate surface area is 126 Å². The Morgan fingerprint density at radius 3 is 2.70 bits per heavy atom. The van der Waals surface area contributed by atoms with Gasteiger partial charge in [0, 0.05) is 16.0 Å². The van der Waals surface area contributed by atoms with E-state index in [1.54, 1.807) is 0 Å². The molecule has 0 saturated heterocycles. The van der Waals surface area contributed by atoms with Crippen LogP contribution in [0.5, 0.6) is 0 Å². The van der Waals surface area contributed by atoms with E-state index in [4.69, 9.17) is 16.0 Å². The molecule has 1 heterocycles. The highest BCUT2D eigenvalue weighted by molar-refractivity contribution is 6.31. The SMILES string of the molecule is CCCNCc1oc2c(C)cc(Cl)cc2c1CC(C)C. The second kappa shape index (κ2) is 6.64. The smallest absolute Gasteiger partial charge is 0.137 e. The number of aryl methyl sites for hydroxylation is 1. The Kier molecular flexibility index (Phi) is 5.11. The van der Waals surface area contributed by atoms with Crippen molar-refractivity contribution in [1.29, 1.82) is 0 Å². The van der Waals surface area contributed by atoms with E-state index in [0.717, 1.165) is 47.9 Å². The van der Waals surface area contributed by atoms with Crippen LogP contribution in [0.25, 0.3) is 11.0 Å². The second-order valence-corrected chi connectivity index (χ2v) is 6.31. The molecule has 0 atom stereocenters. The van der Waals surface area contributed by atoms with Crippen LogP contribution < -0.4 is 5.32 Å². The van der Waals surface area contributed by atoms with Crippen LogP contribution in [0.4, 0.5) is 0 Å². The summed E-state index contributed by atoms with van der Waals surface area (Å²) in [7, 11) is 0. The van der Waals surface area contributed by atoms with Gasteiger partial charge in [-0.3, -0.25) is 0 Å². The number of nitrogens with one attached hydrogen (secondary N) is 1. The van der Waals surface area contributed by atoms with Crippen LogP contribution in [0.1, 0.15) is 44.1 Å². The van der Waals surface area contributed by atoms with Gasteiger partial charge in [0.15, 0.2) is 0 Å². The van der Waals surface area contributed by atoms with Crippen molar-refractivity contribution in [3.63, 3.8) is 0 Å². The van der Waals surface area contributed by atoms with E-state index in [0.29, 0.717) is 5.92 Å². The van der Waals surface area contributed by atoms with Crippen LogP contribution in [-0.4, -0.2) is 6.54 Å². The summed E-state index contributed by atoms with van der Waals surface area (Å²) in [6, 6.07) is 4.00. The van der Waals surface area contributed by atoms with Crippen LogP contribution in [0, 0.1) is 12.8 Å². The predicted octanol–water partition coefficient (Wildman–Crippen LogP) is 5.09. The molecular weight excluding hydrogens is 270 g/mol. The van der Waals surface area contributed by atoms with E-state index in [2.05, 4.69) is 33.0 Å². The zero-order chi connectivity index (χ0) is 14.7. The zero-order valence-electron chi connectivity index (χ0n) is 12.8. The quantitative estimate of drug-likeness (QED) is 0.750. The van der Waals surface area contributed by atoms with Crippen LogP contribution in [0.3, 0.4) is 0 Å². The number of hydrogen-bond donors (Lipinski definition) is 1. The van der Waals surface area contributed by atoms with Crippen molar-refractivity contribution < 1.29 is 4.42 Å². The van der Waals surface area contributed by atoms with Crippen molar-refractivity contribution in [2.45, 2.75) is 47.1 Å². The topological polar surface area (TPSA) is 25.2 Å². The molecule has 2 rings (SSSR count). The second-order valence-electron chi connectivity index (χ2n) is 5.88. The molecule has 1 aromatic carbocycles. The van der Waals surface area contributed by atoms with E-state index in [-0.39, 0.29) is 0 Å². The molecular formula is C17H24ClNO. The summed E-state index contributed by atoms with van der Waals surface area (Å²) in [6.45, 7) is 10.5. The fraction of sp³-hybridized carbons (Fsp3) is 0.529. The molecule has 0 fully saturated rings. The molecule has 0 aliphatic heterocycles. The molecule has 0 unspecified atom stereocenters. The number of halogens is 1. The van der Waals surface area contributed by atoms with Gasteiger partial charge >= 0.3 is 0 Å². The third kappa shape index (κ3) is 3.36. The third-order valence-electron chi connectivity index (χ3n) is 3.45. The predicted molar refractivity (Wildman–Crippen MR) is 86.5 cm³/mol. The maximum atomic E-state index is 6.21.